The number of hydrogen-bond donors (Lipinski definition) is 2. The summed E-state index contributed by atoms with van der Waals surface area (Å²) in [5.41, 5.74) is 0.626. The second-order valence-corrected chi connectivity index (χ2v) is 4.97. The first-order chi connectivity index (χ1) is 8.15. The van der Waals surface area contributed by atoms with Crippen molar-refractivity contribution in [3.05, 3.63) is 35.4 Å². The molecule has 0 bridgehead atoms. The molecule has 2 N–H and O–H groups in total. The number of hydrogen-bond acceptors (Lipinski definition) is 0. The second-order valence-electron chi connectivity index (χ2n) is 4.97. The largest absolute Gasteiger partial charge is 0.333 e. The Hall–Kier alpha value is -1.00. The zero-order chi connectivity index (χ0) is 12.3. The number of likely N-dealkylation sites (N-methyl/N-ethyl adjacent to an activating group) is 1. The van der Waals surface area contributed by atoms with E-state index in [9.17, 15) is 8.78 Å². The van der Waals surface area contributed by atoms with E-state index in [2.05, 4.69) is 7.05 Å². The lowest BCUT2D eigenvalue weighted by molar-refractivity contribution is -0.938. The van der Waals surface area contributed by atoms with E-state index in [0.29, 0.717) is 12.1 Å². The Bertz CT molecular complexity index is 382. The molecule has 0 aliphatic carbocycles. The molecule has 1 aliphatic heterocycles. The van der Waals surface area contributed by atoms with E-state index in [0.717, 1.165) is 25.7 Å². The van der Waals surface area contributed by atoms with Crippen molar-refractivity contribution in [1.29, 1.82) is 0 Å². The van der Waals surface area contributed by atoms with Gasteiger partial charge in [0.1, 0.15) is 31.3 Å². The predicted molar refractivity (Wildman–Crippen MR) is 62.0 cm³/mol. The van der Waals surface area contributed by atoms with Crippen LogP contribution in [0.3, 0.4) is 0 Å². The zero-order valence-electron chi connectivity index (χ0n) is 10.2. The third-order valence-electron chi connectivity index (χ3n) is 3.49. The molecule has 17 heavy (non-hydrogen) atoms. The van der Waals surface area contributed by atoms with E-state index in [4.69, 9.17) is 0 Å². The number of rotatable bonds is 2. The monoisotopic (exact) mass is 242 g/mol. The summed E-state index contributed by atoms with van der Waals surface area (Å²) in [6.07, 6.45) is 1.17. The van der Waals surface area contributed by atoms with Crippen LogP contribution in [0.15, 0.2) is 18.2 Å². The molecular weight excluding hydrogens is 222 g/mol. The van der Waals surface area contributed by atoms with E-state index in [1.807, 2.05) is 0 Å². The van der Waals surface area contributed by atoms with Gasteiger partial charge in [-0.05, 0) is 12.1 Å². The number of halogens is 2. The molecule has 1 aliphatic rings. The lowest BCUT2D eigenvalue weighted by Gasteiger charge is -2.16. The average molecular weight is 242 g/mol. The molecule has 94 valence electrons. The number of quaternary nitrogens is 2. The third kappa shape index (κ3) is 3.48. The van der Waals surface area contributed by atoms with Crippen molar-refractivity contribution in [2.75, 3.05) is 33.2 Å². The highest BCUT2D eigenvalue weighted by atomic mass is 19.1. The molecule has 0 radical (unpaired) electrons. The molecule has 2 atom stereocenters. The van der Waals surface area contributed by atoms with Gasteiger partial charge in [-0.15, -0.1) is 0 Å². The lowest BCUT2D eigenvalue weighted by atomic mass is 10.2. The van der Waals surface area contributed by atoms with E-state index in [-0.39, 0.29) is 0 Å². The van der Waals surface area contributed by atoms with Crippen LogP contribution in [0.5, 0.6) is 0 Å². The van der Waals surface area contributed by atoms with Crippen LogP contribution in [0.1, 0.15) is 12.0 Å². The van der Waals surface area contributed by atoms with E-state index in [1.54, 1.807) is 11.0 Å². The van der Waals surface area contributed by atoms with Crippen molar-refractivity contribution in [2.24, 2.45) is 0 Å². The maximum absolute atomic E-state index is 13.5. The van der Waals surface area contributed by atoms with Crippen molar-refractivity contribution in [1.82, 2.24) is 0 Å². The van der Waals surface area contributed by atoms with Gasteiger partial charge in [0, 0.05) is 18.1 Å². The molecule has 0 spiro atoms. The molecule has 2 rings (SSSR count). The molecule has 2 nitrogen and oxygen atoms in total. The van der Waals surface area contributed by atoms with Crippen molar-refractivity contribution >= 4 is 0 Å². The fraction of sp³-hybridized carbons (Fsp3) is 0.538. The molecule has 0 saturated carbocycles. The predicted octanol–water partition coefficient (Wildman–Crippen LogP) is -0.732. The topological polar surface area (TPSA) is 8.88 Å². The van der Waals surface area contributed by atoms with Gasteiger partial charge in [0.05, 0.1) is 20.1 Å². The molecule has 4 heteroatoms. The highest BCUT2D eigenvalue weighted by Gasteiger charge is 2.19. The van der Waals surface area contributed by atoms with Gasteiger partial charge >= 0.3 is 0 Å². The normalized spacial score (nSPS) is 25.6. The summed E-state index contributed by atoms with van der Waals surface area (Å²) in [7, 11) is 2.20. The Morgan fingerprint density at radius 3 is 2.71 bits per heavy atom. The summed E-state index contributed by atoms with van der Waals surface area (Å²) < 4.78 is 26.3. The smallest absolute Gasteiger partial charge is 0.134 e. The van der Waals surface area contributed by atoms with Crippen LogP contribution in [0, 0.1) is 11.6 Å². The summed E-state index contributed by atoms with van der Waals surface area (Å²) in [5.74, 6) is -0.913. The van der Waals surface area contributed by atoms with Gasteiger partial charge in [-0.25, -0.2) is 8.78 Å². The van der Waals surface area contributed by atoms with Gasteiger partial charge in [0.25, 0.3) is 0 Å². The highest BCUT2D eigenvalue weighted by molar-refractivity contribution is 5.17. The fourth-order valence-corrected chi connectivity index (χ4v) is 2.39. The Morgan fingerprint density at radius 2 is 1.94 bits per heavy atom. The van der Waals surface area contributed by atoms with Crippen LogP contribution in [0.4, 0.5) is 8.78 Å². The first-order valence-corrected chi connectivity index (χ1v) is 6.24. The van der Waals surface area contributed by atoms with Crippen LogP contribution in [0.25, 0.3) is 0 Å². The maximum Gasteiger partial charge on any atom is 0.134 e. The molecule has 0 aromatic heterocycles. The number of nitrogens with one attached hydrogen (secondary N) is 2. The summed E-state index contributed by atoms with van der Waals surface area (Å²) in [4.78, 5) is 2.94. The van der Waals surface area contributed by atoms with E-state index in [1.165, 1.54) is 23.9 Å². The summed E-state index contributed by atoms with van der Waals surface area (Å²) >= 11 is 0. The Kier molecular flexibility index (Phi) is 4.07. The first-order valence-electron chi connectivity index (χ1n) is 6.24. The average Bonchev–Trinajstić information content (AvgIpc) is 2.48. The van der Waals surface area contributed by atoms with Crippen LogP contribution in [-0.2, 0) is 6.54 Å². The van der Waals surface area contributed by atoms with Crippen molar-refractivity contribution < 1.29 is 18.6 Å². The molecule has 1 fully saturated rings. The fourth-order valence-electron chi connectivity index (χ4n) is 2.39. The third-order valence-corrected chi connectivity index (χ3v) is 3.49. The molecule has 0 amide bonds. The summed E-state index contributed by atoms with van der Waals surface area (Å²) in [5, 5.41) is 0. The second kappa shape index (κ2) is 5.56. The Labute approximate surface area is 101 Å². The van der Waals surface area contributed by atoms with Gasteiger partial charge < -0.3 is 9.80 Å². The van der Waals surface area contributed by atoms with Crippen LogP contribution < -0.4 is 9.80 Å². The first kappa shape index (κ1) is 12.5. The standard InChI is InChI=1S/C13H18F2N2/c1-16-5-2-6-17(8-7-16)10-11-3-4-12(14)9-13(11)15/h3-4,9H,2,5-8,10H2,1H3/p+2. The number of benzene rings is 1. The molecule has 1 saturated heterocycles. The minimum Gasteiger partial charge on any atom is -0.333 e. The lowest BCUT2D eigenvalue weighted by Crippen LogP contribution is -3.15. The van der Waals surface area contributed by atoms with Gasteiger partial charge in [0.2, 0.25) is 0 Å². The zero-order valence-corrected chi connectivity index (χ0v) is 10.2. The Morgan fingerprint density at radius 1 is 1.12 bits per heavy atom. The van der Waals surface area contributed by atoms with Crippen molar-refractivity contribution in [2.45, 2.75) is 13.0 Å². The van der Waals surface area contributed by atoms with Crippen molar-refractivity contribution in [3.63, 3.8) is 0 Å². The molecule has 1 aromatic carbocycles. The van der Waals surface area contributed by atoms with Gasteiger partial charge in [0.15, 0.2) is 0 Å². The quantitative estimate of drug-likeness (QED) is 0.676. The minimum atomic E-state index is -0.499. The molecule has 2 unspecified atom stereocenters. The van der Waals surface area contributed by atoms with Crippen LogP contribution in [0.2, 0.25) is 0 Å². The van der Waals surface area contributed by atoms with Gasteiger partial charge in [-0.1, -0.05) is 0 Å². The summed E-state index contributed by atoms with van der Waals surface area (Å²) in [6, 6.07) is 3.89. The molecule has 1 aromatic rings. The summed E-state index contributed by atoms with van der Waals surface area (Å²) in [6.45, 7) is 5.11. The SMILES string of the molecule is C[NH+]1CCC[NH+](Cc2ccc(F)cc2F)CC1. The van der Waals surface area contributed by atoms with Crippen molar-refractivity contribution in [3.8, 4) is 0 Å². The van der Waals surface area contributed by atoms with Crippen LogP contribution in [-0.4, -0.2) is 33.2 Å². The Balaban J connectivity index is 2.00. The highest BCUT2D eigenvalue weighted by Crippen LogP contribution is 2.07. The minimum absolute atomic E-state index is 0.414. The molecular formula is C13H20F2N2+2. The molecule has 1 heterocycles. The van der Waals surface area contributed by atoms with Gasteiger partial charge in [-0.3, -0.25) is 0 Å². The van der Waals surface area contributed by atoms with Crippen LogP contribution >= 0.6 is 0 Å². The maximum atomic E-state index is 13.5. The van der Waals surface area contributed by atoms with E-state index >= 15 is 0 Å². The van der Waals surface area contributed by atoms with Gasteiger partial charge in [-0.2, -0.15) is 0 Å². The van der Waals surface area contributed by atoms with E-state index < -0.39 is 11.6 Å².